The first kappa shape index (κ1) is 23.1. The van der Waals surface area contributed by atoms with Crippen LogP contribution in [-0.4, -0.2) is 73.0 Å². The Labute approximate surface area is 210 Å². The minimum absolute atomic E-state index is 0.282. The summed E-state index contributed by atoms with van der Waals surface area (Å²) in [6.07, 6.45) is 6.14. The standard InChI is InChI=1S/C30H40N4O/c35-29(34-20-18-32(19-21-34)23-25-6-2-1-3-7-25)28-22-30(28)12-16-31(17-13-30)24-26-8-10-27(11-9-26)33-14-4-5-15-33/h1-3,6-11,28H,4-5,12-24H2/t28-/m1/s1. The number of likely N-dealkylation sites (tertiary alicyclic amines) is 1. The van der Waals surface area contributed by atoms with Gasteiger partial charge < -0.3 is 9.80 Å². The van der Waals surface area contributed by atoms with Crippen molar-refractivity contribution in [3.8, 4) is 0 Å². The summed E-state index contributed by atoms with van der Waals surface area (Å²) in [7, 11) is 0. The Morgan fingerprint density at radius 1 is 0.714 bits per heavy atom. The lowest BCUT2D eigenvalue weighted by Gasteiger charge is -2.36. The molecule has 1 atom stereocenters. The second-order valence-corrected chi connectivity index (χ2v) is 11.3. The fourth-order valence-corrected chi connectivity index (χ4v) is 6.64. The molecule has 0 bridgehead atoms. The largest absolute Gasteiger partial charge is 0.372 e. The van der Waals surface area contributed by atoms with Crippen LogP contribution in [-0.2, 0) is 17.9 Å². The van der Waals surface area contributed by atoms with Crippen molar-refractivity contribution in [3.63, 3.8) is 0 Å². The van der Waals surface area contributed by atoms with Crippen LogP contribution in [0.5, 0.6) is 0 Å². The van der Waals surface area contributed by atoms with E-state index in [9.17, 15) is 4.79 Å². The number of benzene rings is 2. The first-order chi connectivity index (χ1) is 17.2. The zero-order valence-corrected chi connectivity index (χ0v) is 21.1. The maximum Gasteiger partial charge on any atom is 0.226 e. The van der Waals surface area contributed by atoms with E-state index in [1.807, 2.05) is 0 Å². The van der Waals surface area contributed by atoms with E-state index in [1.165, 1.54) is 55.6 Å². The minimum Gasteiger partial charge on any atom is -0.372 e. The highest BCUT2D eigenvalue weighted by Crippen LogP contribution is 2.60. The van der Waals surface area contributed by atoms with Gasteiger partial charge in [-0.2, -0.15) is 0 Å². The van der Waals surface area contributed by atoms with Crippen molar-refractivity contribution >= 4 is 11.6 Å². The first-order valence-corrected chi connectivity index (χ1v) is 13.8. The topological polar surface area (TPSA) is 30.0 Å². The molecule has 186 valence electrons. The summed E-state index contributed by atoms with van der Waals surface area (Å²) in [5.74, 6) is 0.723. The number of amides is 1. The number of anilines is 1. The fourth-order valence-electron chi connectivity index (χ4n) is 6.64. The number of nitrogens with zero attached hydrogens (tertiary/aromatic N) is 4. The second-order valence-electron chi connectivity index (χ2n) is 11.3. The van der Waals surface area contributed by atoms with Crippen molar-refractivity contribution in [1.82, 2.24) is 14.7 Å². The molecule has 4 fully saturated rings. The first-order valence-electron chi connectivity index (χ1n) is 13.8. The van der Waals surface area contributed by atoms with E-state index in [0.717, 1.165) is 58.8 Å². The molecule has 35 heavy (non-hydrogen) atoms. The molecule has 0 N–H and O–H groups in total. The van der Waals surface area contributed by atoms with Crippen LogP contribution in [0.1, 0.15) is 43.2 Å². The lowest BCUT2D eigenvalue weighted by atomic mass is 9.90. The molecule has 2 aromatic rings. The van der Waals surface area contributed by atoms with Crippen LogP contribution in [0.15, 0.2) is 54.6 Å². The summed E-state index contributed by atoms with van der Waals surface area (Å²) in [4.78, 5) is 23.0. The van der Waals surface area contributed by atoms with Crippen LogP contribution in [0.25, 0.3) is 0 Å². The quantitative estimate of drug-likeness (QED) is 0.629. The smallest absolute Gasteiger partial charge is 0.226 e. The number of piperidine rings is 1. The van der Waals surface area contributed by atoms with Crippen LogP contribution >= 0.6 is 0 Å². The Bertz CT molecular complexity index is 985. The second kappa shape index (κ2) is 9.94. The van der Waals surface area contributed by atoms with Gasteiger partial charge in [-0.25, -0.2) is 0 Å². The minimum atomic E-state index is 0.282. The van der Waals surface area contributed by atoms with E-state index in [0.29, 0.717) is 11.3 Å². The highest BCUT2D eigenvalue weighted by Gasteiger charge is 2.59. The maximum absolute atomic E-state index is 13.3. The number of hydrogen-bond acceptors (Lipinski definition) is 4. The van der Waals surface area contributed by atoms with Gasteiger partial charge in [-0.15, -0.1) is 0 Å². The van der Waals surface area contributed by atoms with Crippen molar-refractivity contribution in [2.24, 2.45) is 11.3 Å². The lowest BCUT2D eigenvalue weighted by Crippen LogP contribution is -2.49. The van der Waals surface area contributed by atoms with Gasteiger partial charge in [0.15, 0.2) is 0 Å². The predicted octanol–water partition coefficient (Wildman–Crippen LogP) is 4.23. The molecule has 0 radical (unpaired) electrons. The highest BCUT2D eigenvalue weighted by atomic mass is 16.2. The number of carbonyl (C=O) groups excluding carboxylic acids is 1. The van der Waals surface area contributed by atoms with Gasteiger partial charge in [0.2, 0.25) is 5.91 Å². The molecule has 3 heterocycles. The number of hydrogen-bond donors (Lipinski definition) is 0. The third-order valence-corrected chi connectivity index (χ3v) is 9.09. The average molecular weight is 473 g/mol. The molecular formula is C30H40N4O. The Balaban J connectivity index is 0.947. The Morgan fingerprint density at radius 3 is 1.97 bits per heavy atom. The van der Waals surface area contributed by atoms with Crippen LogP contribution < -0.4 is 4.90 Å². The monoisotopic (exact) mass is 472 g/mol. The zero-order valence-electron chi connectivity index (χ0n) is 21.1. The third-order valence-electron chi connectivity index (χ3n) is 9.09. The van der Waals surface area contributed by atoms with Crippen LogP contribution in [0.4, 0.5) is 5.69 Å². The summed E-state index contributed by atoms with van der Waals surface area (Å²) >= 11 is 0. The van der Waals surface area contributed by atoms with Crippen molar-refractivity contribution < 1.29 is 4.79 Å². The van der Waals surface area contributed by atoms with Crippen LogP contribution in [0.2, 0.25) is 0 Å². The third kappa shape index (κ3) is 5.12. The van der Waals surface area contributed by atoms with Crippen LogP contribution in [0.3, 0.4) is 0 Å². The van der Waals surface area contributed by atoms with Crippen LogP contribution in [0, 0.1) is 11.3 Å². The molecule has 0 aromatic heterocycles. The fraction of sp³-hybridized carbons (Fsp3) is 0.567. The Morgan fingerprint density at radius 2 is 1.31 bits per heavy atom. The molecule has 1 aliphatic carbocycles. The molecule has 3 aliphatic heterocycles. The van der Waals surface area contributed by atoms with Crippen molar-refractivity contribution in [3.05, 3.63) is 65.7 Å². The molecule has 4 aliphatic rings. The summed E-state index contributed by atoms with van der Waals surface area (Å²) in [6.45, 7) is 10.5. The Kier molecular flexibility index (Phi) is 6.55. The van der Waals surface area contributed by atoms with E-state index in [-0.39, 0.29) is 5.92 Å². The van der Waals surface area contributed by atoms with Gasteiger partial charge in [0, 0.05) is 64.0 Å². The van der Waals surface area contributed by atoms with Gasteiger partial charge in [-0.05, 0) is 73.9 Å². The highest BCUT2D eigenvalue weighted by molar-refractivity contribution is 5.83. The molecule has 1 saturated carbocycles. The molecule has 3 saturated heterocycles. The SMILES string of the molecule is O=C([C@H]1CC12CCN(Cc1ccc(N3CCCC3)cc1)CC2)N1CCN(Cc2ccccc2)CC1. The maximum atomic E-state index is 13.3. The summed E-state index contributed by atoms with van der Waals surface area (Å²) in [5, 5.41) is 0. The van der Waals surface area contributed by atoms with Gasteiger partial charge in [-0.3, -0.25) is 14.6 Å². The number of piperazine rings is 1. The van der Waals surface area contributed by atoms with E-state index >= 15 is 0 Å². The summed E-state index contributed by atoms with van der Waals surface area (Å²) in [6, 6.07) is 19.9. The molecule has 2 aromatic carbocycles. The molecule has 6 rings (SSSR count). The van der Waals surface area contributed by atoms with E-state index in [1.54, 1.807) is 0 Å². The average Bonchev–Trinajstić information content (AvgIpc) is 3.31. The van der Waals surface area contributed by atoms with Crippen molar-refractivity contribution in [2.75, 3.05) is 57.3 Å². The Hall–Kier alpha value is -2.37. The zero-order chi connectivity index (χ0) is 23.7. The van der Waals surface area contributed by atoms with Gasteiger partial charge in [-0.1, -0.05) is 42.5 Å². The van der Waals surface area contributed by atoms with E-state index < -0.39 is 0 Å². The van der Waals surface area contributed by atoms with E-state index in [4.69, 9.17) is 0 Å². The van der Waals surface area contributed by atoms with E-state index in [2.05, 4.69) is 74.2 Å². The van der Waals surface area contributed by atoms with Crippen molar-refractivity contribution in [1.29, 1.82) is 0 Å². The van der Waals surface area contributed by atoms with Gasteiger partial charge in [0.05, 0.1) is 0 Å². The molecule has 5 heteroatoms. The normalized spacial score (nSPS) is 24.7. The molecule has 1 amide bonds. The van der Waals surface area contributed by atoms with Gasteiger partial charge >= 0.3 is 0 Å². The lowest BCUT2D eigenvalue weighted by molar-refractivity contribution is -0.135. The predicted molar refractivity (Wildman–Crippen MR) is 141 cm³/mol. The molecule has 5 nitrogen and oxygen atoms in total. The number of carbonyl (C=O) groups is 1. The number of rotatable bonds is 6. The van der Waals surface area contributed by atoms with Gasteiger partial charge in [0.25, 0.3) is 0 Å². The van der Waals surface area contributed by atoms with Gasteiger partial charge in [0.1, 0.15) is 0 Å². The molecule has 1 spiro atoms. The van der Waals surface area contributed by atoms with Crippen molar-refractivity contribution in [2.45, 2.75) is 45.2 Å². The summed E-state index contributed by atoms with van der Waals surface area (Å²) < 4.78 is 0. The summed E-state index contributed by atoms with van der Waals surface area (Å²) in [5.41, 5.74) is 4.46. The molecular weight excluding hydrogens is 432 g/mol. The molecule has 0 unspecified atom stereocenters.